The molecule has 2 aromatic rings. The second kappa shape index (κ2) is 7.14. The Bertz CT molecular complexity index is 700. The van der Waals surface area contributed by atoms with Crippen molar-refractivity contribution in [3.05, 3.63) is 57.2 Å². The molecule has 0 unspecified atom stereocenters. The topological polar surface area (TPSA) is 73.2 Å². The van der Waals surface area contributed by atoms with Crippen molar-refractivity contribution in [1.82, 2.24) is 9.55 Å². The normalized spacial score (nSPS) is 10.4. The molecule has 0 spiro atoms. The summed E-state index contributed by atoms with van der Waals surface area (Å²) in [5, 5.41) is 2.74. The Balaban J connectivity index is 2.16. The molecule has 6 nitrogen and oxygen atoms in total. The summed E-state index contributed by atoms with van der Waals surface area (Å²) in [5.41, 5.74) is 0.881. The van der Waals surface area contributed by atoms with Crippen LogP contribution in [0.25, 0.3) is 0 Å². The lowest BCUT2D eigenvalue weighted by molar-refractivity contribution is 0.102. The summed E-state index contributed by atoms with van der Waals surface area (Å²) in [4.78, 5) is 27.7. The number of carbonyl (C=O) groups excluding carboxylic acids is 1. The zero-order valence-electron chi connectivity index (χ0n) is 11.4. The van der Waals surface area contributed by atoms with Crippen LogP contribution in [0, 0.1) is 0 Å². The number of nitrogens with zero attached hydrogens (tertiary/aromatic N) is 2. The average Bonchev–Trinajstić information content (AvgIpc) is 2.47. The van der Waals surface area contributed by atoms with E-state index < -0.39 is 0 Å². The standard InChI is InChI=1S/C14H14BrN3O3/c1-21-7-6-18-9-11(2-3-13(18)19)17-14(20)10-4-5-16-12(15)8-10/h2-5,8-9H,6-7H2,1H3,(H,17,20). The van der Waals surface area contributed by atoms with Gasteiger partial charge in [0.25, 0.3) is 11.5 Å². The maximum absolute atomic E-state index is 12.1. The molecule has 2 rings (SSSR count). The Hall–Kier alpha value is -1.99. The minimum atomic E-state index is -0.268. The summed E-state index contributed by atoms with van der Waals surface area (Å²) < 4.78 is 7.02. The molecule has 7 heteroatoms. The minimum absolute atomic E-state index is 0.142. The van der Waals surface area contributed by atoms with Gasteiger partial charge in [0.15, 0.2) is 0 Å². The van der Waals surface area contributed by atoms with Gasteiger partial charge in [0.2, 0.25) is 0 Å². The lowest BCUT2D eigenvalue weighted by atomic mass is 10.2. The molecule has 2 heterocycles. The lowest BCUT2D eigenvalue weighted by Crippen LogP contribution is -2.22. The van der Waals surface area contributed by atoms with Gasteiger partial charge in [0, 0.05) is 37.7 Å². The van der Waals surface area contributed by atoms with Crippen molar-refractivity contribution < 1.29 is 9.53 Å². The number of hydrogen-bond acceptors (Lipinski definition) is 4. The van der Waals surface area contributed by atoms with Crippen LogP contribution in [0.15, 0.2) is 46.1 Å². The maximum atomic E-state index is 12.1. The first-order valence-electron chi connectivity index (χ1n) is 6.22. The van der Waals surface area contributed by atoms with Gasteiger partial charge in [-0.25, -0.2) is 4.98 Å². The molecular weight excluding hydrogens is 338 g/mol. The van der Waals surface area contributed by atoms with Crippen LogP contribution in [0.3, 0.4) is 0 Å². The lowest BCUT2D eigenvalue weighted by Gasteiger charge is -2.09. The number of amides is 1. The van der Waals surface area contributed by atoms with Crippen molar-refractivity contribution in [3.63, 3.8) is 0 Å². The van der Waals surface area contributed by atoms with Gasteiger partial charge in [-0.3, -0.25) is 9.59 Å². The van der Waals surface area contributed by atoms with Crippen molar-refractivity contribution in [3.8, 4) is 0 Å². The van der Waals surface area contributed by atoms with Gasteiger partial charge in [-0.2, -0.15) is 0 Å². The summed E-state index contributed by atoms with van der Waals surface area (Å²) in [6, 6.07) is 6.21. The van der Waals surface area contributed by atoms with Crippen molar-refractivity contribution in [2.75, 3.05) is 19.0 Å². The number of aromatic nitrogens is 2. The van der Waals surface area contributed by atoms with E-state index in [4.69, 9.17) is 4.74 Å². The monoisotopic (exact) mass is 351 g/mol. The van der Waals surface area contributed by atoms with E-state index in [1.54, 1.807) is 37.7 Å². The van der Waals surface area contributed by atoms with Crippen LogP contribution >= 0.6 is 15.9 Å². The van der Waals surface area contributed by atoms with Crippen LogP contribution < -0.4 is 10.9 Å². The van der Waals surface area contributed by atoms with Gasteiger partial charge < -0.3 is 14.6 Å². The number of nitrogens with one attached hydrogen (secondary N) is 1. The van der Waals surface area contributed by atoms with E-state index in [0.29, 0.717) is 29.0 Å². The number of ether oxygens (including phenoxy) is 1. The molecule has 21 heavy (non-hydrogen) atoms. The zero-order chi connectivity index (χ0) is 15.2. The fourth-order valence-electron chi connectivity index (χ4n) is 1.72. The van der Waals surface area contributed by atoms with Gasteiger partial charge in [-0.05, 0) is 34.1 Å². The van der Waals surface area contributed by atoms with Crippen molar-refractivity contribution >= 4 is 27.5 Å². The summed E-state index contributed by atoms with van der Waals surface area (Å²) in [6.45, 7) is 0.856. The van der Waals surface area contributed by atoms with Crippen molar-refractivity contribution in [1.29, 1.82) is 0 Å². The predicted octanol–water partition coefficient (Wildman–Crippen LogP) is 1.90. The third-order valence-corrected chi connectivity index (χ3v) is 3.20. The SMILES string of the molecule is COCCn1cc(NC(=O)c2ccnc(Br)c2)ccc1=O. The molecule has 0 radical (unpaired) electrons. The Labute approximate surface area is 129 Å². The average molecular weight is 352 g/mol. The highest BCUT2D eigenvalue weighted by Gasteiger charge is 2.07. The van der Waals surface area contributed by atoms with Crippen LogP contribution in [0.2, 0.25) is 0 Å². The Morgan fingerprint density at radius 2 is 2.24 bits per heavy atom. The van der Waals surface area contributed by atoms with Gasteiger partial charge >= 0.3 is 0 Å². The van der Waals surface area contributed by atoms with Gasteiger partial charge in [0.1, 0.15) is 4.60 Å². The predicted molar refractivity (Wildman–Crippen MR) is 82.5 cm³/mol. The molecule has 2 aromatic heterocycles. The number of anilines is 1. The number of carbonyl (C=O) groups is 1. The second-order valence-electron chi connectivity index (χ2n) is 4.26. The third-order valence-electron chi connectivity index (χ3n) is 2.77. The summed E-state index contributed by atoms with van der Waals surface area (Å²) >= 11 is 3.22. The van der Waals surface area contributed by atoms with E-state index in [1.807, 2.05) is 0 Å². The summed E-state index contributed by atoms with van der Waals surface area (Å²) in [5.74, 6) is -0.268. The fourth-order valence-corrected chi connectivity index (χ4v) is 2.08. The van der Waals surface area contributed by atoms with E-state index in [1.165, 1.54) is 10.6 Å². The Kier molecular flexibility index (Phi) is 5.24. The first-order valence-corrected chi connectivity index (χ1v) is 7.02. The molecule has 110 valence electrons. The largest absolute Gasteiger partial charge is 0.383 e. The molecule has 1 amide bonds. The van der Waals surface area contributed by atoms with Gasteiger partial charge in [0.05, 0.1) is 12.3 Å². The van der Waals surface area contributed by atoms with Crippen LogP contribution in [0.4, 0.5) is 5.69 Å². The first kappa shape index (κ1) is 15.4. The van der Waals surface area contributed by atoms with E-state index in [-0.39, 0.29) is 11.5 Å². The number of rotatable bonds is 5. The highest BCUT2D eigenvalue weighted by atomic mass is 79.9. The smallest absolute Gasteiger partial charge is 0.255 e. The number of methoxy groups -OCH3 is 1. The fraction of sp³-hybridized carbons (Fsp3) is 0.214. The maximum Gasteiger partial charge on any atom is 0.255 e. The molecule has 1 N–H and O–H groups in total. The molecule has 0 fully saturated rings. The molecule has 0 bridgehead atoms. The molecule has 0 aliphatic carbocycles. The summed E-state index contributed by atoms with van der Waals surface area (Å²) in [7, 11) is 1.57. The highest BCUT2D eigenvalue weighted by Crippen LogP contribution is 2.11. The van der Waals surface area contributed by atoms with Crippen LogP contribution in [-0.2, 0) is 11.3 Å². The van der Waals surface area contributed by atoms with E-state index in [9.17, 15) is 9.59 Å². The van der Waals surface area contributed by atoms with Crippen LogP contribution in [0.5, 0.6) is 0 Å². The highest BCUT2D eigenvalue weighted by molar-refractivity contribution is 9.10. The van der Waals surface area contributed by atoms with Crippen molar-refractivity contribution in [2.45, 2.75) is 6.54 Å². The molecule has 0 atom stereocenters. The quantitative estimate of drug-likeness (QED) is 0.835. The first-order chi connectivity index (χ1) is 10.1. The Morgan fingerprint density at radius 3 is 2.95 bits per heavy atom. The summed E-state index contributed by atoms with van der Waals surface area (Å²) in [6.07, 6.45) is 3.13. The number of hydrogen-bond donors (Lipinski definition) is 1. The molecule has 0 aliphatic rings. The Morgan fingerprint density at radius 1 is 1.43 bits per heavy atom. The number of pyridine rings is 2. The zero-order valence-corrected chi connectivity index (χ0v) is 13.0. The van der Waals surface area contributed by atoms with E-state index >= 15 is 0 Å². The molecule has 0 saturated heterocycles. The van der Waals surface area contributed by atoms with Crippen molar-refractivity contribution in [2.24, 2.45) is 0 Å². The minimum Gasteiger partial charge on any atom is -0.383 e. The molecular formula is C14H14BrN3O3. The van der Waals surface area contributed by atoms with Gasteiger partial charge in [-0.1, -0.05) is 0 Å². The molecule has 0 aliphatic heterocycles. The van der Waals surface area contributed by atoms with E-state index in [2.05, 4.69) is 26.2 Å². The third kappa shape index (κ3) is 4.24. The second-order valence-corrected chi connectivity index (χ2v) is 5.08. The van der Waals surface area contributed by atoms with E-state index in [0.717, 1.165) is 0 Å². The van der Waals surface area contributed by atoms with Crippen LogP contribution in [0.1, 0.15) is 10.4 Å². The molecule has 0 aromatic carbocycles. The molecule has 0 saturated carbocycles. The van der Waals surface area contributed by atoms with Crippen LogP contribution in [-0.4, -0.2) is 29.2 Å². The number of halogens is 1. The van der Waals surface area contributed by atoms with Gasteiger partial charge in [-0.15, -0.1) is 0 Å².